The standard InChI is InChI=1S/C3H3BP/c1-2-4-5-3-1/h1-3H. The highest BCUT2D eigenvalue weighted by Gasteiger charge is 1.77. The first kappa shape index (κ1) is 3.18. The molecule has 0 aliphatic carbocycles. The Labute approximate surface area is 33.9 Å². The van der Waals surface area contributed by atoms with Crippen molar-refractivity contribution in [3.8, 4) is 0 Å². The molecule has 0 amide bonds. The highest BCUT2D eigenvalue weighted by atomic mass is 31.0. The second-order valence-electron chi connectivity index (χ2n) is 0.832. The van der Waals surface area contributed by atoms with Gasteiger partial charge in [-0.25, -0.2) is 0 Å². The minimum atomic E-state index is 1.33. The van der Waals surface area contributed by atoms with Gasteiger partial charge < -0.3 is 0 Å². The van der Waals surface area contributed by atoms with E-state index in [2.05, 4.69) is 12.8 Å². The van der Waals surface area contributed by atoms with Crippen LogP contribution in [-0.2, 0) is 0 Å². The fourth-order valence-corrected chi connectivity index (χ4v) is 0.745. The molecule has 5 heavy (non-hydrogen) atoms. The largest absolute Gasteiger partial charge is 0.212 e. The summed E-state index contributed by atoms with van der Waals surface area (Å²) in [7, 11) is 1.33. The van der Waals surface area contributed by atoms with Crippen LogP contribution in [0.25, 0.3) is 0 Å². The molecule has 0 atom stereocenters. The van der Waals surface area contributed by atoms with Gasteiger partial charge in [0, 0.05) is 0 Å². The number of hydrogen-bond acceptors (Lipinski definition) is 0. The maximum atomic E-state index is 2.10. The van der Waals surface area contributed by atoms with Gasteiger partial charge in [-0.05, 0) is 0 Å². The van der Waals surface area contributed by atoms with E-state index in [0.717, 1.165) is 0 Å². The van der Waals surface area contributed by atoms with E-state index in [1.54, 1.807) is 0 Å². The van der Waals surface area contributed by atoms with E-state index in [1.165, 1.54) is 8.08 Å². The zero-order valence-corrected chi connectivity index (χ0v) is 3.65. The summed E-state index contributed by atoms with van der Waals surface area (Å²) in [6, 6.07) is 0. The molecule has 1 rings (SSSR count). The monoisotopic (exact) mass is 81.0 g/mol. The van der Waals surface area contributed by atoms with Crippen molar-refractivity contribution in [2.45, 2.75) is 0 Å². The van der Waals surface area contributed by atoms with Gasteiger partial charge in [0.15, 0.2) is 0 Å². The molecule has 23 valence electrons. The summed E-state index contributed by atoms with van der Waals surface area (Å²) in [5.74, 6) is 4.14. The Kier molecular flexibility index (Phi) is 0.903. The molecular weight excluding hydrogens is 77.8 g/mol. The Balaban J connectivity index is 2.61. The van der Waals surface area contributed by atoms with Gasteiger partial charge in [0.1, 0.15) is 0 Å². The molecule has 0 saturated carbocycles. The van der Waals surface area contributed by atoms with Gasteiger partial charge in [0.05, 0.1) is 0 Å². The van der Waals surface area contributed by atoms with Crippen molar-refractivity contribution in [2.24, 2.45) is 0 Å². The van der Waals surface area contributed by atoms with Crippen LogP contribution in [0.5, 0.6) is 0 Å². The lowest BCUT2D eigenvalue weighted by Gasteiger charge is -1.50. The van der Waals surface area contributed by atoms with E-state index in [1.807, 2.05) is 12.1 Å². The van der Waals surface area contributed by atoms with E-state index < -0.39 is 0 Å². The third kappa shape index (κ3) is 0.626. The maximum absolute atomic E-state index is 2.10. The van der Waals surface area contributed by atoms with Crippen LogP contribution in [0, 0.1) is 0 Å². The number of hydrogen-bond donors (Lipinski definition) is 0. The molecule has 0 saturated heterocycles. The third-order valence-electron chi connectivity index (χ3n) is 0.455. The summed E-state index contributed by atoms with van der Waals surface area (Å²) in [6.45, 7) is 2.10. The zero-order valence-electron chi connectivity index (χ0n) is 2.76. The SMILES string of the molecule is [B]1C=CC=P1. The van der Waals surface area contributed by atoms with Gasteiger partial charge in [0.2, 0.25) is 7.00 Å². The van der Waals surface area contributed by atoms with Gasteiger partial charge in [-0.3, -0.25) is 0 Å². The Morgan fingerprint density at radius 2 is 2.60 bits per heavy atom. The second kappa shape index (κ2) is 1.42. The van der Waals surface area contributed by atoms with E-state index in [0.29, 0.717) is 0 Å². The highest BCUT2D eigenvalue weighted by Crippen LogP contribution is 1.95. The van der Waals surface area contributed by atoms with Crippen molar-refractivity contribution >= 4 is 20.9 Å². The van der Waals surface area contributed by atoms with Crippen LogP contribution in [0.4, 0.5) is 0 Å². The van der Waals surface area contributed by atoms with Crippen LogP contribution in [0.15, 0.2) is 12.1 Å². The van der Waals surface area contributed by atoms with Gasteiger partial charge >= 0.3 is 0 Å². The van der Waals surface area contributed by atoms with Crippen molar-refractivity contribution in [3.63, 3.8) is 0 Å². The van der Waals surface area contributed by atoms with Crippen LogP contribution in [0.3, 0.4) is 0 Å². The first-order valence-corrected chi connectivity index (χ1v) is 2.55. The molecule has 0 fully saturated rings. The summed E-state index contributed by atoms with van der Waals surface area (Å²) >= 11 is 0. The average Bonchev–Trinajstić information content (AvgIpc) is 1.76. The Bertz CT molecular complexity index is 65.0. The normalized spacial score (nSPS) is 19.2. The van der Waals surface area contributed by atoms with Gasteiger partial charge in [0.25, 0.3) is 0 Å². The lowest BCUT2D eigenvalue weighted by Crippen LogP contribution is -1.52. The fourth-order valence-electron chi connectivity index (χ4n) is 0.248. The molecular formula is C3H3BP. The van der Waals surface area contributed by atoms with Crippen LogP contribution >= 0.6 is 8.08 Å². The lowest BCUT2D eigenvalue weighted by molar-refractivity contribution is 2.46. The minimum absolute atomic E-state index is 1.33. The molecule has 0 spiro atoms. The van der Waals surface area contributed by atoms with Crippen LogP contribution in [-0.4, -0.2) is 12.8 Å². The summed E-state index contributed by atoms with van der Waals surface area (Å²) < 4.78 is 0. The summed E-state index contributed by atoms with van der Waals surface area (Å²) in [5.41, 5.74) is 0. The van der Waals surface area contributed by atoms with Gasteiger partial charge in [-0.1, -0.05) is 11.9 Å². The molecule has 1 aliphatic heterocycles. The van der Waals surface area contributed by atoms with Crippen LogP contribution in [0.2, 0.25) is 0 Å². The first-order chi connectivity index (χ1) is 2.50. The van der Waals surface area contributed by atoms with E-state index >= 15 is 0 Å². The van der Waals surface area contributed by atoms with Crippen molar-refractivity contribution in [3.05, 3.63) is 12.1 Å². The minimum Gasteiger partial charge on any atom is -0.155 e. The fraction of sp³-hybridized carbons (Fsp3) is 0. The van der Waals surface area contributed by atoms with Crippen LogP contribution in [0.1, 0.15) is 0 Å². The van der Waals surface area contributed by atoms with Crippen molar-refractivity contribution in [2.75, 3.05) is 0 Å². The average molecular weight is 80.8 g/mol. The molecule has 0 aromatic rings. The third-order valence-corrected chi connectivity index (χ3v) is 1.14. The van der Waals surface area contributed by atoms with Crippen molar-refractivity contribution in [1.82, 2.24) is 0 Å². The van der Waals surface area contributed by atoms with E-state index in [4.69, 9.17) is 0 Å². The van der Waals surface area contributed by atoms with Crippen molar-refractivity contribution in [1.29, 1.82) is 0 Å². The van der Waals surface area contributed by atoms with Gasteiger partial charge in [-0.2, -0.15) is 8.08 Å². The van der Waals surface area contributed by atoms with Crippen LogP contribution < -0.4 is 0 Å². The van der Waals surface area contributed by atoms with E-state index in [-0.39, 0.29) is 0 Å². The second-order valence-corrected chi connectivity index (χ2v) is 1.73. The lowest BCUT2D eigenvalue weighted by atomic mass is 10.1. The number of rotatable bonds is 0. The molecule has 0 aromatic heterocycles. The highest BCUT2D eigenvalue weighted by molar-refractivity contribution is 7.72. The summed E-state index contributed by atoms with van der Waals surface area (Å²) in [4.78, 5) is 0. The molecule has 0 unspecified atom stereocenters. The Morgan fingerprint density at radius 3 is 2.80 bits per heavy atom. The zero-order chi connectivity index (χ0) is 3.54. The van der Waals surface area contributed by atoms with E-state index in [9.17, 15) is 0 Å². The summed E-state index contributed by atoms with van der Waals surface area (Å²) in [5, 5.41) is 0. The number of allylic oxidation sites excluding steroid dienone is 1. The molecule has 1 radical (unpaired) electrons. The quantitative estimate of drug-likeness (QED) is 0.300. The molecule has 0 aromatic carbocycles. The first-order valence-electron chi connectivity index (χ1n) is 1.52. The van der Waals surface area contributed by atoms with Crippen molar-refractivity contribution < 1.29 is 0 Å². The maximum Gasteiger partial charge on any atom is 0.212 e. The molecule has 1 heterocycles. The summed E-state index contributed by atoms with van der Waals surface area (Å²) in [6.07, 6.45) is 2.04. The smallest absolute Gasteiger partial charge is 0.155 e. The Morgan fingerprint density at radius 1 is 1.60 bits per heavy atom. The topological polar surface area (TPSA) is 0 Å². The molecule has 2 heteroatoms. The predicted octanol–water partition coefficient (Wildman–Crippen LogP) is 0.881. The molecule has 0 N–H and O–H groups in total. The molecule has 1 aliphatic rings. The predicted molar refractivity (Wildman–Crippen MR) is 27.9 cm³/mol. The Hall–Kier alpha value is -0.0251. The molecule has 0 nitrogen and oxygen atoms in total. The molecule has 0 bridgehead atoms. The van der Waals surface area contributed by atoms with Gasteiger partial charge in [-0.15, -0.1) is 5.98 Å².